The van der Waals surface area contributed by atoms with E-state index in [1.54, 1.807) is 12.1 Å². The summed E-state index contributed by atoms with van der Waals surface area (Å²) in [7, 11) is 1.51. The van der Waals surface area contributed by atoms with E-state index >= 15 is 0 Å². The molecule has 5 nitrogen and oxygen atoms in total. The molecule has 2 aliphatic rings. The maximum atomic E-state index is 12.3. The van der Waals surface area contributed by atoms with E-state index in [-0.39, 0.29) is 22.9 Å². The zero-order chi connectivity index (χ0) is 30.7. The van der Waals surface area contributed by atoms with E-state index in [4.69, 9.17) is 16.3 Å². The van der Waals surface area contributed by atoms with Crippen LogP contribution in [0.3, 0.4) is 0 Å². The third-order valence-corrected chi connectivity index (χ3v) is 8.44. The molecule has 0 bridgehead atoms. The van der Waals surface area contributed by atoms with Crippen LogP contribution in [0.15, 0.2) is 72.8 Å². The average Bonchev–Trinajstić information content (AvgIpc) is 3.00. The molecule has 0 saturated heterocycles. The van der Waals surface area contributed by atoms with Crippen LogP contribution in [0.4, 0.5) is 4.39 Å². The maximum absolute atomic E-state index is 12.3. The number of aromatic carboxylic acids is 2. The van der Waals surface area contributed by atoms with Gasteiger partial charge in [-0.2, -0.15) is 0 Å². The molecule has 0 saturated carbocycles. The number of rotatable bonds is 6. The van der Waals surface area contributed by atoms with Gasteiger partial charge >= 0.3 is 11.9 Å². The highest BCUT2D eigenvalue weighted by molar-refractivity contribution is 6.30. The Hall–Kier alpha value is -4.42. The maximum Gasteiger partial charge on any atom is 0.335 e. The van der Waals surface area contributed by atoms with Gasteiger partial charge in [0, 0.05) is 17.0 Å². The highest BCUT2D eigenvalue weighted by atomic mass is 35.5. The Morgan fingerprint density at radius 3 is 2.23 bits per heavy atom. The van der Waals surface area contributed by atoms with E-state index in [9.17, 15) is 24.2 Å². The molecule has 0 heterocycles. The zero-order valence-electron chi connectivity index (χ0n) is 23.9. The van der Waals surface area contributed by atoms with Crippen molar-refractivity contribution in [2.45, 2.75) is 38.5 Å². The van der Waals surface area contributed by atoms with Crippen LogP contribution < -0.4 is 15.2 Å². The van der Waals surface area contributed by atoms with Gasteiger partial charge in [-0.1, -0.05) is 61.0 Å². The van der Waals surface area contributed by atoms with Crippen LogP contribution in [0.1, 0.15) is 63.1 Å². The minimum absolute atomic E-state index is 0.0699. The van der Waals surface area contributed by atoms with E-state index in [0.717, 1.165) is 24.3 Å². The first-order chi connectivity index (χ1) is 20.7. The van der Waals surface area contributed by atoms with Crippen LogP contribution in [0.25, 0.3) is 12.2 Å². The Kier molecular flexibility index (Phi) is 8.97. The summed E-state index contributed by atoms with van der Waals surface area (Å²) in [4.78, 5) is 23.5. The number of benzene rings is 4. The molecule has 2 N–H and O–H groups in total. The molecule has 7 heteroatoms. The molecule has 2 unspecified atom stereocenters. The molecular formula is C36H32ClFO5. The van der Waals surface area contributed by atoms with Crippen molar-refractivity contribution in [3.8, 4) is 5.75 Å². The van der Waals surface area contributed by atoms with Gasteiger partial charge in [-0.3, -0.25) is 0 Å². The van der Waals surface area contributed by atoms with Crippen molar-refractivity contribution in [3.63, 3.8) is 0 Å². The van der Waals surface area contributed by atoms with E-state index in [1.807, 2.05) is 12.1 Å². The summed E-state index contributed by atoms with van der Waals surface area (Å²) in [6.07, 6.45) is 7.63. The normalized spacial score (nSPS) is 16.2. The molecule has 2 aliphatic carbocycles. The standard InChI is InChI=1S/C29H25ClO4.C7H7FO/c1-2-17-14-19-15-20(30)8-11-21(19)23-10-7-18-12-16(6-9-22(18)27(17)23)13-26-24(28(31)32)4-3-5-25(26)29(33)34;1-9-7-4-2-3-6(8)5-7/h3-5,7-8,10-12,14-17H,2,6,9,13H2,1H3,(H,31,32)(H,33,34);2-5H,1H3. The Bertz CT molecular complexity index is 1900. The molecular weight excluding hydrogens is 567 g/mol. The molecule has 220 valence electrons. The van der Waals surface area contributed by atoms with Crippen LogP contribution in [0.5, 0.6) is 5.75 Å². The van der Waals surface area contributed by atoms with Gasteiger partial charge < -0.3 is 14.9 Å². The zero-order valence-corrected chi connectivity index (χ0v) is 24.7. The lowest BCUT2D eigenvalue weighted by molar-refractivity contribution is 0.0695. The number of hydrogen-bond donors (Lipinski definition) is 2. The minimum Gasteiger partial charge on any atom is -0.497 e. The Morgan fingerprint density at radius 1 is 0.907 bits per heavy atom. The lowest BCUT2D eigenvalue weighted by Crippen LogP contribution is -2.26. The van der Waals surface area contributed by atoms with Gasteiger partial charge in [-0.25, -0.2) is 14.0 Å². The van der Waals surface area contributed by atoms with Crippen molar-refractivity contribution < 1.29 is 28.9 Å². The first-order valence-corrected chi connectivity index (χ1v) is 14.6. The molecule has 4 aromatic carbocycles. The van der Waals surface area contributed by atoms with Crippen molar-refractivity contribution in [3.05, 3.63) is 132 Å². The quantitative estimate of drug-likeness (QED) is 0.257. The smallest absolute Gasteiger partial charge is 0.335 e. The first-order valence-electron chi connectivity index (χ1n) is 14.2. The number of carbonyl (C=O) groups is 2. The SMILES string of the molecule is CCC1C=c2cc(Cl)ccc2=c2ccc3c(c21)CCC(Cc1c(C(=O)O)cccc1C(=O)O)C=3.COc1cccc(F)c1. The van der Waals surface area contributed by atoms with Crippen LogP contribution in [0.2, 0.25) is 5.02 Å². The van der Waals surface area contributed by atoms with Crippen LogP contribution in [-0.4, -0.2) is 29.3 Å². The molecule has 6 rings (SSSR count). The largest absolute Gasteiger partial charge is 0.497 e. The minimum atomic E-state index is -1.09. The van der Waals surface area contributed by atoms with Gasteiger partial charge in [0.2, 0.25) is 0 Å². The second-order valence-electron chi connectivity index (χ2n) is 10.8. The van der Waals surface area contributed by atoms with Crippen molar-refractivity contribution in [1.29, 1.82) is 0 Å². The Balaban J connectivity index is 0.000000351. The number of ether oxygens (including phenoxy) is 1. The number of hydrogen-bond acceptors (Lipinski definition) is 3. The predicted octanol–water partition coefficient (Wildman–Crippen LogP) is 6.73. The summed E-state index contributed by atoms with van der Waals surface area (Å²) in [5.41, 5.74) is 3.26. The second-order valence-corrected chi connectivity index (χ2v) is 11.2. The fourth-order valence-corrected chi connectivity index (χ4v) is 6.39. The van der Waals surface area contributed by atoms with Crippen molar-refractivity contribution >= 4 is 35.7 Å². The number of fused-ring (bicyclic) bond motifs is 4. The second kappa shape index (κ2) is 12.8. The van der Waals surface area contributed by atoms with Crippen LogP contribution in [0, 0.1) is 22.2 Å². The third-order valence-electron chi connectivity index (χ3n) is 8.20. The summed E-state index contributed by atoms with van der Waals surface area (Å²) in [5.74, 6) is -1.52. The van der Waals surface area contributed by atoms with Gasteiger partial charge in [-0.05, 0) is 106 Å². The molecule has 0 fully saturated rings. The van der Waals surface area contributed by atoms with Gasteiger partial charge in [0.05, 0.1) is 18.2 Å². The summed E-state index contributed by atoms with van der Waals surface area (Å²) in [6.45, 7) is 2.20. The summed E-state index contributed by atoms with van der Waals surface area (Å²) < 4.78 is 17.0. The molecule has 0 radical (unpaired) electrons. The van der Waals surface area contributed by atoms with Crippen molar-refractivity contribution in [1.82, 2.24) is 0 Å². The van der Waals surface area contributed by atoms with Crippen LogP contribution >= 0.6 is 11.6 Å². The lowest BCUT2D eigenvalue weighted by Gasteiger charge is -2.26. The fourth-order valence-electron chi connectivity index (χ4n) is 6.21. The van der Waals surface area contributed by atoms with Gasteiger partial charge in [0.25, 0.3) is 0 Å². The Labute approximate surface area is 253 Å². The summed E-state index contributed by atoms with van der Waals surface area (Å²) in [5, 5.41) is 24.8. The molecule has 0 aromatic heterocycles. The lowest BCUT2D eigenvalue weighted by atomic mass is 9.78. The molecule has 43 heavy (non-hydrogen) atoms. The van der Waals surface area contributed by atoms with E-state index in [0.29, 0.717) is 23.7 Å². The number of carboxylic acids is 2. The monoisotopic (exact) mass is 598 g/mol. The summed E-state index contributed by atoms with van der Waals surface area (Å²) in [6, 6.07) is 20.9. The first kappa shape index (κ1) is 30.1. The summed E-state index contributed by atoms with van der Waals surface area (Å²) >= 11 is 6.26. The van der Waals surface area contributed by atoms with Crippen molar-refractivity contribution in [2.24, 2.45) is 5.92 Å². The van der Waals surface area contributed by atoms with E-state index in [2.05, 4.69) is 37.3 Å². The van der Waals surface area contributed by atoms with E-state index < -0.39 is 11.9 Å². The van der Waals surface area contributed by atoms with Gasteiger partial charge in [-0.15, -0.1) is 0 Å². The van der Waals surface area contributed by atoms with Crippen molar-refractivity contribution in [2.75, 3.05) is 7.11 Å². The number of methoxy groups -OCH3 is 1. The van der Waals surface area contributed by atoms with E-state index in [1.165, 1.54) is 69.4 Å². The molecule has 4 aromatic rings. The van der Waals surface area contributed by atoms with Gasteiger partial charge in [0.15, 0.2) is 0 Å². The molecule has 0 amide bonds. The average molecular weight is 599 g/mol. The highest BCUT2D eigenvalue weighted by Crippen LogP contribution is 2.31. The van der Waals surface area contributed by atoms with Crippen LogP contribution in [-0.2, 0) is 12.8 Å². The topological polar surface area (TPSA) is 83.8 Å². The highest BCUT2D eigenvalue weighted by Gasteiger charge is 2.25. The molecule has 0 aliphatic heterocycles. The Morgan fingerprint density at radius 2 is 1.60 bits per heavy atom. The fraction of sp³-hybridized carbons (Fsp3) is 0.222. The third kappa shape index (κ3) is 6.35. The predicted molar refractivity (Wildman–Crippen MR) is 166 cm³/mol. The molecule has 2 atom stereocenters. The molecule has 0 spiro atoms. The number of carboxylic acid groups (broad SMARTS) is 2. The number of halogens is 2. The van der Waals surface area contributed by atoms with Gasteiger partial charge in [0.1, 0.15) is 11.6 Å².